The Hall–Kier alpha value is -3.66. The van der Waals surface area contributed by atoms with E-state index in [1.807, 2.05) is 50.2 Å². The summed E-state index contributed by atoms with van der Waals surface area (Å²) in [6.07, 6.45) is 1.51. The molecule has 1 N–H and O–H groups in total. The first-order valence-corrected chi connectivity index (χ1v) is 11.6. The molecule has 0 unspecified atom stereocenters. The third kappa shape index (κ3) is 7.16. The van der Waals surface area contributed by atoms with Gasteiger partial charge < -0.3 is 19.7 Å². The van der Waals surface area contributed by atoms with Crippen LogP contribution in [0.5, 0.6) is 11.5 Å². The Kier molecular flexibility index (Phi) is 9.02. The molecule has 0 saturated heterocycles. The van der Waals surface area contributed by atoms with E-state index in [0.29, 0.717) is 39.4 Å². The van der Waals surface area contributed by atoms with Crippen LogP contribution in [0.1, 0.15) is 18.1 Å². The fourth-order valence-electron chi connectivity index (χ4n) is 3.15. The van der Waals surface area contributed by atoms with Crippen molar-refractivity contribution >= 4 is 46.6 Å². The van der Waals surface area contributed by atoms with Crippen molar-refractivity contribution in [1.82, 2.24) is 0 Å². The number of hydrogen-bond acceptors (Lipinski definition) is 5. The number of rotatable bonds is 9. The third-order valence-electron chi connectivity index (χ3n) is 4.96. The number of nitrogens with one attached hydrogen (secondary N) is 1. The first kappa shape index (κ1) is 26.0. The van der Waals surface area contributed by atoms with Crippen molar-refractivity contribution in [1.29, 1.82) is 5.26 Å². The van der Waals surface area contributed by atoms with Crippen molar-refractivity contribution in [3.63, 3.8) is 0 Å². The summed E-state index contributed by atoms with van der Waals surface area (Å²) in [7, 11) is 3.87. The maximum absolute atomic E-state index is 12.7. The molecule has 3 aromatic carbocycles. The molecule has 1 amide bonds. The van der Waals surface area contributed by atoms with Gasteiger partial charge in [0, 0.05) is 25.5 Å². The summed E-state index contributed by atoms with van der Waals surface area (Å²) in [6.45, 7) is 2.55. The van der Waals surface area contributed by atoms with Crippen LogP contribution in [-0.4, -0.2) is 26.6 Å². The molecule has 0 bridgehead atoms. The lowest BCUT2D eigenvalue weighted by molar-refractivity contribution is -0.112. The van der Waals surface area contributed by atoms with Gasteiger partial charge in [0.1, 0.15) is 18.2 Å². The van der Waals surface area contributed by atoms with Crippen LogP contribution >= 0.6 is 23.2 Å². The highest BCUT2D eigenvalue weighted by atomic mass is 35.5. The highest BCUT2D eigenvalue weighted by molar-refractivity contribution is 6.42. The van der Waals surface area contributed by atoms with E-state index in [2.05, 4.69) is 5.32 Å². The minimum Gasteiger partial charge on any atom is -0.490 e. The Bertz CT molecular complexity index is 1270. The predicted molar refractivity (Wildman–Crippen MR) is 141 cm³/mol. The summed E-state index contributed by atoms with van der Waals surface area (Å²) in [6, 6.07) is 19.8. The minimum absolute atomic E-state index is 0.0337. The van der Waals surface area contributed by atoms with Gasteiger partial charge in [-0.25, -0.2) is 0 Å². The van der Waals surface area contributed by atoms with Gasteiger partial charge in [-0.15, -0.1) is 0 Å². The SMILES string of the molecule is CCOc1cc(/C=C(/C#N)C(=O)Nc2ccc(N(C)C)cc2)ccc1OCc1ccc(Cl)c(Cl)c1. The number of amides is 1. The highest BCUT2D eigenvalue weighted by Gasteiger charge is 2.12. The van der Waals surface area contributed by atoms with E-state index in [9.17, 15) is 10.1 Å². The number of anilines is 2. The van der Waals surface area contributed by atoms with E-state index >= 15 is 0 Å². The van der Waals surface area contributed by atoms with Gasteiger partial charge in [-0.1, -0.05) is 35.3 Å². The number of benzene rings is 3. The van der Waals surface area contributed by atoms with E-state index in [-0.39, 0.29) is 12.2 Å². The van der Waals surface area contributed by atoms with Crippen molar-refractivity contribution < 1.29 is 14.3 Å². The van der Waals surface area contributed by atoms with Gasteiger partial charge in [0.25, 0.3) is 5.91 Å². The van der Waals surface area contributed by atoms with Crippen LogP contribution in [0.4, 0.5) is 11.4 Å². The second kappa shape index (κ2) is 12.2. The average molecular weight is 510 g/mol. The number of carbonyl (C=O) groups excluding carboxylic acids is 1. The molecule has 0 aliphatic carbocycles. The lowest BCUT2D eigenvalue weighted by atomic mass is 10.1. The van der Waals surface area contributed by atoms with E-state index in [1.165, 1.54) is 6.08 Å². The normalized spacial score (nSPS) is 10.9. The smallest absolute Gasteiger partial charge is 0.266 e. The molecule has 3 rings (SSSR count). The Labute approximate surface area is 215 Å². The summed E-state index contributed by atoms with van der Waals surface area (Å²) in [5, 5.41) is 13.3. The average Bonchev–Trinajstić information content (AvgIpc) is 2.84. The number of hydrogen-bond donors (Lipinski definition) is 1. The summed E-state index contributed by atoms with van der Waals surface area (Å²) >= 11 is 12.0. The molecule has 180 valence electrons. The van der Waals surface area contributed by atoms with Crippen molar-refractivity contribution in [2.75, 3.05) is 30.9 Å². The van der Waals surface area contributed by atoms with Crippen molar-refractivity contribution in [3.8, 4) is 17.6 Å². The molecule has 3 aromatic rings. The molecule has 0 atom stereocenters. The topological polar surface area (TPSA) is 74.6 Å². The molecule has 0 saturated carbocycles. The monoisotopic (exact) mass is 509 g/mol. The molecule has 0 aliphatic rings. The number of nitrogens with zero attached hydrogens (tertiary/aromatic N) is 2. The third-order valence-corrected chi connectivity index (χ3v) is 5.70. The Balaban J connectivity index is 1.76. The quantitative estimate of drug-likeness (QED) is 0.260. The van der Waals surface area contributed by atoms with Crippen LogP contribution in [0.3, 0.4) is 0 Å². The van der Waals surface area contributed by atoms with Gasteiger partial charge in [-0.3, -0.25) is 4.79 Å². The molecule has 0 aliphatic heterocycles. The fourth-order valence-corrected chi connectivity index (χ4v) is 3.47. The van der Waals surface area contributed by atoms with E-state index in [1.54, 1.807) is 42.5 Å². The molecule has 0 spiro atoms. The molecule has 8 heteroatoms. The van der Waals surface area contributed by atoms with Crippen molar-refractivity contribution in [2.24, 2.45) is 0 Å². The Morgan fingerprint density at radius 1 is 1.00 bits per heavy atom. The van der Waals surface area contributed by atoms with Crippen molar-refractivity contribution in [3.05, 3.63) is 87.4 Å². The number of carbonyl (C=O) groups is 1. The summed E-state index contributed by atoms with van der Waals surface area (Å²) in [5.41, 5.74) is 3.05. The maximum atomic E-state index is 12.7. The van der Waals surface area contributed by atoms with Crippen LogP contribution in [0.25, 0.3) is 6.08 Å². The standard InChI is InChI=1S/C27H25Cl2N3O3/c1-4-34-26-15-18(6-12-25(26)35-17-19-5-11-23(28)24(29)14-19)13-20(16-30)27(33)31-21-7-9-22(10-8-21)32(2)3/h5-15H,4,17H2,1-3H3,(H,31,33)/b20-13-. The van der Waals surface area contributed by atoms with Crippen LogP contribution in [0.2, 0.25) is 10.0 Å². The molecule has 0 aromatic heterocycles. The van der Waals surface area contributed by atoms with E-state index in [4.69, 9.17) is 32.7 Å². The van der Waals surface area contributed by atoms with Crippen LogP contribution in [-0.2, 0) is 11.4 Å². The zero-order valence-electron chi connectivity index (χ0n) is 19.6. The lowest BCUT2D eigenvalue weighted by Gasteiger charge is -2.13. The predicted octanol–water partition coefficient (Wildman–Crippen LogP) is 6.58. The molecule has 0 fully saturated rings. The highest BCUT2D eigenvalue weighted by Crippen LogP contribution is 2.31. The van der Waals surface area contributed by atoms with E-state index < -0.39 is 5.91 Å². The summed E-state index contributed by atoms with van der Waals surface area (Å²) < 4.78 is 11.6. The molecule has 0 heterocycles. The van der Waals surface area contributed by atoms with Gasteiger partial charge in [-0.05, 0) is 72.7 Å². The lowest BCUT2D eigenvalue weighted by Crippen LogP contribution is -2.14. The van der Waals surface area contributed by atoms with E-state index in [0.717, 1.165) is 11.3 Å². The zero-order chi connectivity index (χ0) is 25.4. The first-order chi connectivity index (χ1) is 16.8. The number of nitriles is 1. The van der Waals surface area contributed by atoms with Gasteiger partial charge in [0.15, 0.2) is 11.5 Å². The number of halogens is 2. The molecule has 35 heavy (non-hydrogen) atoms. The second-order valence-electron chi connectivity index (χ2n) is 7.74. The van der Waals surface area contributed by atoms with Gasteiger partial charge in [0.2, 0.25) is 0 Å². The zero-order valence-corrected chi connectivity index (χ0v) is 21.2. The number of ether oxygens (including phenoxy) is 2. The van der Waals surface area contributed by atoms with Gasteiger partial charge in [0.05, 0.1) is 16.7 Å². The summed E-state index contributed by atoms with van der Waals surface area (Å²) in [5.74, 6) is 0.528. The van der Waals surface area contributed by atoms with Crippen LogP contribution in [0.15, 0.2) is 66.2 Å². The fraction of sp³-hybridized carbons (Fsp3) is 0.185. The van der Waals surface area contributed by atoms with Crippen LogP contribution < -0.4 is 19.7 Å². The van der Waals surface area contributed by atoms with Crippen LogP contribution in [0, 0.1) is 11.3 Å². The largest absolute Gasteiger partial charge is 0.490 e. The molecule has 6 nitrogen and oxygen atoms in total. The maximum Gasteiger partial charge on any atom is 0.266 e. The van der Waals surface area contributed by atoms with Gasteiger partial charge in [-0.2, -0.15) is 5.26 Å². The molecular formula is C27H25Cl2N3O3. The Morgan fingerprint density at radius 3 is 2.37 bits per heavy atom. The Morgan fingerprint density at radius 2 is 1.74 bits per heavy atom. The second-order valence-corrected chi connectivity index (χ2v) is 8.56. The summed E-state index contributed by atoms with van der Waals surface area (Å²) in [4.78, 5) is 14.6. The van der Waals surface area contributed by atoms with Gasteiger partial charge >= 0.3 is 0 Å². The molecular weight excluding hydrogens is 485 g/mol. The minimum atomic E-state index is -0.497. The van der Waals surface area contributed by atoms with Crippen molar-refractivity contribution in [2.45, 2.75) is 13.5 Å². The molecule has 0 radical (unpaired) electrons. The first-order valence-electron chi connectivity index (χ1n) is 10.8.